The van der Waals surface area contributed by atoms with Crippen molar-refractivity contribution in [1.82, 2.24) is 5.32 Å². The van der Waals surface area contributed by atoms with Crippen LogP contribution in [0.15, 0.2) is 34.1 Å². The van der Waals surface area contributed by atoms with Crippen molar-refractivity contribution in [2.24, 2.45) is 5.73 Å². The van der Waals surface area contributed by atoms with Crippen LogP contribution in [0.5, 0.6) is 0 Å². The molecule has 0 aromatic heterocycles. The Bertz CT molecular complexity index is 628. The summed E-state index contributed by atoms with van der Waals surface area (Å²) in [6.45, 7) is 0. The fourth-order valence-corrected chi connectivity index (χ4v) is 4.54. The minimum absolute atomic E-state index is 0.300. The summed E-state index contributed by atoms with van der Waals surface area (Å²) in [4.78, 5) is 12.9. The van der Waals surface area contributed by atoms with Gasteiger partial charge in [-0.1, -0.05) is 0 Å². The highest BCUT2D eigenvalue weighted by Crippen LogP contribution is 2.40. The number of carbonyl (C=O) groups is 1. The molecule has 1 saturated carbocycles. The molecule has 5 nitrogen and oxygen atoms in total. The zero-order valence-electron chi connectivity index (χ0n) is 12.1. The Balaban J connectivity index is 2.05. The predicted molar refractivity (Wildman–Crippen MR) is 84.0 cm³/mol. The van der Waals surface area contributed by atoms with E-state index in [1.165, 1.54) is 6.26 Å². The van der Waals surface area contributed by atoms with Gasteiger partial charge in [-0.2, -0.15) is 0 Å². The summed E-state index contributed by atoms with van der Waals surface area (Å²) >= 11 is 1.66. The molecule has 0 aliphatic heterocycles. The third-order valence-electron chi connectivity index (χ3n) is 3.97. The Morgan fingerprint density at radius 3 is 2.43 bits per heavy atom. The monoisotopic (exact) mass is 328 g/mol. The van der Waals surface area contributed by atoms with E-state index in [-0.39, 0.29) is 5.91 Å². The van der Waals surface area contributed by atoms with Crippen molar-refractivity contribution >= 4 is 27.5 Å². The van der Waals surface area contributed by atoms with Gasteiger partial charge in [-0.15, -0.1) is 11.8 Å². The second-order valence-electron chi connectivity index (χ2n) is 5.42. The van der Waals surface area contributed by atoms with Gasteiger partial charge in [0.2, 0.25) is 5.91 Å². The van der Waals surface area contributed by atoms with Gasteiger partial charge >= 0.3 is 0 Å². The normalized spacial score (nSPS) is 25.9. The molecule has 7 heteroatoms. The Hall–Kier alpha value is -1.05. The minimum Gasteiger partial charge on any atom is -0.368 e. The molecule has 0 spiro atoms. The number of likely N-dealkylation sites (N-methyl/N-ethyl adjacent to an activating group) is 1. The second kappa shape index (κ2) is 5.98. The molecule has 0 heterocycles. The molecular weight excluding hydrogens is 308 g/mol. The highest BCUT2D eigenvalue weighted by molar-refractivity contribution is 8.00. The summed E-state index contributed by atoms with van der Waals surface area (Å²) in [5, 5.41) is 3.35. The van der Waals surface area contributed by atoms with E-state index in [9.17, 15) is 13.2 Å². The number of amides is 1. The van der Waals surface area contributed by atoms with Crippen LogP contribution in [-0.2, 0) is 14.6 Å². The standard InChI is InChI=1S/C14H20N2O3S2/c1-16-14(13(15)17)8-7-11(9-14)20-10-3-5-12(6-4-10)21(2,18)19/h3-6,11,16H,7-9H2,1-2H3,(H2,15,17). The van der Waals surface area contributed by atoms with Gasteiger partial charge in [0.25, 0.3) is 0 Å². The van der Waals surface area contributed by atoms with Gasteiger partial charge in [-0.3, -0.25) is 4.79 Å². The Morgan fingerprint density at radius 2 is 2.00 bits per heavy atom. The quantitative estimate of drug-likeness (QED) is 0.847. The van der Waals surface area contributed by atoms with Gasteiger partial charge in [0, 0.05) is 16.4 Å². The lowest BCUT2D eigenvalue weighted by Crippen LogP contribution is -2.52. The maximum atomic E-state index is 11.6. The zero-order valence-corrected chi connectivity index (χ0v) is 13.8. The summed E-state index contributed by atoms with van der Waals surface area (Å²) < 4.78 is 22.8. The van der Waals surface area contributed by atoms with Crippen LogP contribution in [0.1, 0.15) is 19.3 Å². The molecule has 1 aromatic rings. The first-order valence-electron chi connectivity index (χ1n) is 6.72. The Morgan fingerprint density at radius 1 is 1.38 bits per heavy atom. The minimum atomic E-state index is -3.16. The molecule has 1 aliphatic carbocycles. The number of carbonyl (C=O) groups excluding carboxylic acids is 1. The molecule has 1 aliphatic rings. The Labute approximate surface area is 129 Å². The Kier molecular flexibility index (Phi) is 4.65. The lowest BCUT2D eigenvalue weighted by molar-refractivity contribution is -0.124. The lowest BCUT2D eigenvalue weighted by atomic mass is 9.97. The molecule has 0 radical (unpaired) electrons. The van der Waals surface area contributed by atoms with Gasteiger partial charge in [0.05, 0.1) is 10.4 Å². The maximum Gasteiger partial charge on any atom is 0.237 e. The molecule has 1 aromatic carbocycles. The van der Waals surface area contributed by atoms with Crippen LogP contribution in [-0.4, -0.2) is 38.4 Å². The van der Waals surface area contributed by atoms with Crippen molar-refractivity contribution < 1.29 is 13.2 Å². The van der Waals surface area contributed by atoms with Crippen LogP contribution < -0.4 is 11.1 Å². The fraction of sp³-hybridized carbons (Fsp3) is 0.500. The van der Waals surface area contributed by atoms with Crippen molar-refractivity contribution in [2.45, 2.75) is 39.8 Å². The first-order valence-corrected chi connectivity index (χ1v) is 9.49. The molecule has 0 bridgehead atoms. The number of hydrogen-bond acceptors (Lipinski definition) is 5. The maximum absolute atomic E-state index is 11.6. The average molecular weight is 328 g/mol. The van der Waals surface area contributed by atoms with E-state index in [1.54, 1.807) is 30.9 Å². The number of benzene rings is 1. The number of sulfone groups is 1. The van der Waals surface area contributed by atoms with Gasteiger partial charge in [0.15, 0.2) is 9.84 Å². The molecule has 0 saturated heterocycles. The van der Waals surface area contributed by atoms with Crippen LogP contribution in [0, 0.1) is 0 Å². The summed E-state index contributed by atoms with van der Waals surface area (Å²) in [5.74, 6) is -0.305. The SMILES string of the molecule is CNC1(C(N)=O)CCC(Sc2ccc(S(C)(=O)=O)cc2)C1. The fourth-order valence-electron chi connectivity index (χ4n) is 2.63. The molecule has 2 unspecified atom stereocenters. The summed E-state index contributed by atoms with van der Waals surface area (Å²) in [6, 6.07) is 6.85. The van der Waals surface area contributed by atoms with E-state index >= 15 is 0 Å². The van der Waals surface area contributed by atoms with Gasteiger partial charge in [-0.05, 0) is 50.6 Å². The molecular formula is C14H20N2O3S2. The number of primary amides is 1. The lowest BCUT2D eigenvalue weighted by Gasteiger charge is -2.24. The van der Waals surface area contributed by atoms with Crippen molar-refractivity contribution in [1.29, 1.82) is 0 Å². The van der Waals surface area contributed by atoms with Crippen molar-refractivity contribution in [3.05, 3.63) is 24.3 Å². The molecule has 2 rings (SSSR count). The molecule has 1 fully saturated rings. The van der Waals surface area contributed by atoms with Gasteiger partial charge < -0.3 is 11.1 Å². The first-order chi connectivity index (χ1) is 9.77. The van der Waals surface area contributed by atoms with E-state index in [1.807, 2.05) is 12.1 Å². The number of nitrogens with one attached hydrogen (secondary N) is 1. The number of thioether (sulfide) groups is 1. The third-order valence-corrected chi connectivity index (χ3v) is 6.38. The van der Waals surface area contributed by atoms with Crippen LogP contribution in [0.4, 0.5) is 0 Å². The zero-order chi connectivity index (χ0) is 15.7. The van der Waals surface area contributed by atoms with E-state index in [2.05, 4.69) is 5.32 Å². The summed E-state index contributed by atoms with van der Waals surface area (Å²) in [7, 11) is -1.40. The summed E-state index contributed by atoms with van der Waals surface area (Å²) in [6.07, 6.45) is 3.53. The number of hydrogen-bond donors (Lipinski definition) is 2. The summed E-state index contributed by atoms with van der Waals surface area (Å²) in [5.41, 5.74) is 4.88. The number of rotatable bonds is 5. The van der Waals surface area contributed by atoms with Crippen molar-refractivity contribution in [2.75, 3.05) is 13.3 Å². The molecule has 2 atom stereocenters. The van der Waals surface area contributed by atoms with Gasteiger partial charge in [0.1, 0.15) is 0 Å². The van der Waals surface area contributed by atoms with E-state index in [4.69, 9.17) is 5.73 Å². The predicted octanol–water partition coefficient (Wildman–Crippen LogP) is 1.18. The second-order valence-corrected chi connectivity index (χ2v) is 8.81. The molecule has 1 amide bonds. The average Bonchev–Trinajstić information content (AvgIpc) is 2.83. The topological polar surface area (TPSA) is 89.3 Å². The molecule has 21 heavy (non-hydrogen) atoms. The van der Waals surface area contributed by atoms with Crippen LogP contribution in [0.3, 0.4) is 0 Å². The molecule has 116 valence electrons. The molecule has 3 N–H and O–H groups in total. The van der Waals surface area contributed by atoms with E-state index in [0.717, 1.165) is 17.7 Å². The van der Waals surface area contributed by atoms with Gasteiger partial charge in [-0.25, -0.2) is 8.42 Å². The highest BCUT2D eigenvalue weighted by atomic mass is 32.2. The smallest absolute Gasteiger partial charge is 0.237 e. The third kappa shape index (κ3) is 3.59. The van der Waals surface area contributed by atoms with E-state index in [0.29, 0.717) is 16.6 Å². The van der Waals surface area contributed by atoms with Crippen LogP contribution in [0.25, 0.3) is 0 Å². The number of nitrogens with two attached hydrogens (primary N) is 1. The van der Waals surface area contributed by atoms with Crippen LogP contribution >= 0.6 is 11.8 Å². The van der Waals surface area contributed by atoms with Crippen molar-refractivity contribution in [3.8, 4) is 0 Å². The van der Waals surface area contributed by atoms with Crippen LogP contribution in [0.2, 0.25) is 0 Å². The van der Waals surface area contributed by atoms with E-state index < -0.39 is 15.4 Å². The largest absolute Gasteiger partial charge is 0.368 e. The first kappa shape index (κ1) is 16.3. The van der Waals surface area contributed by atoms with Crippen molar-refractivity contribution in [3.63, 3.8) is 0 Å². The highest BCUT2D eigenvalue weighted by Gasteiger charge is 2.43.